The van der Waals surface area contributed by atoms with Crippen molar-refractivity contribution < 1.29 is 0 Å². The summed E-state index contributed by atoms with van der Waals surface area (Å²) in [7, 11) is 4.16. The first-order valence-electron chi connectivity index (χ1n) is 8.99. The quantitative estimate of drug-likeness (QED) is 0.765. The van der Waals surface area contributed by atoms with E-state index in [-0.39, 0.29) is 6.04 Å². The van der Waals surface area contributed by atoms with E-state index in [1.807, 2.05) is 12.3 Å². The van der Waals surface area contributed by atoms with Crippen LogP contribution in [0, 0.1) is 20.8 Å². The summed E-state index contributed by atoms with van der Waals surface area (Å²) in [6.45, 7) is 10.3. The second-order valence-corrected chi connectivity index (χ2v) is 7.55. The predicted molar refractivity (Wildman–Crippen MR) is 115 cm³/mol. The van der Waals surface area contributed by atoms with E-state index in [4.69, 9.17) is 12.2 Å². The highest BCUT2D eigenvalue weighted by atomic mass is 32.1. The number of pyridine rings is 1. The maximum Gasteiger partial charge on any atom is 0.173 e. The molecule has 0 aliphatic heterocycles. The smallest absolute Gasteiger partial charge is 0.173 e. The summed E-state index contributed by atoms with van der Waals surface area (Å²) in [4.78, 5) is 8.68. The second-order valence-electron chi connectivity index (χ2n) is 7.16. The van der Waals surface area contributed by atoms with E-state index >= 15 is 0 Å². The average Bonchev–Trinajstić information content (AvgIpc) is 2.58. The maximum absolute atomic E-state index is 5.81. The molecule has 0 radical (unpaired) electrons. The molecule has 0 spiro atoms. The summed E-state index contributed by atoms with van der Waals surface area (Å²) in [6.07, 6.45) is 3.72. The number of benzene rings is 1. The standard InChI is InChI=1S/C21H30N4S/c1-15-12-16(2)20(17(3)13-15)23-21(26)25(11-10-24(5)6)18(4)19-8-7-9-22-14-19/h7-9,12-14,18H,10-11H2,1-6H3,(H,23,26)/t18-/m0/s1. The Morgan fingerprint density at radius 3 is 2.35 bits per heavy atom. The molecule has 0 fully saturated rings. The van der Waals surface area contributed by atoms with Crippen LogP contribution in [0.5, 0.6) is 0 Å². The number of anilines is 1. The van der Waals surface area contributed by atoms with Crippen molar-refractivity contribution in [2.45, 2.75) is 33.7 Å². The van der Waals surface area contributed by atoms with E-state index in [0.717, 1.165) is 29.5 Å². The molecule has 1 N–H and O–H groups in total. The molecule has 5 heteroatoms. The average molecular weight is 371 g/mol. The molecule has 26 heavy (non-hydrogen) atoms. The van der Waals surface area contributed by atoms with Gasteiger partial charge < -0.3 is 15.1 Å². The lowest BCUT2D eigenvalue weighted by Gasteiger charge is -2.33. The summed E-state index contributed by atoms with van der Waals surface area (Å²) in [5.41, 5.74) is 5.96. The molecular weight excluding hydrogens is 340 g/mol. The fourth-order valence-corrected chi connectivity index (χ4v) is 3.49. The molecule has 0 aliphatic carbocycles. The number of hydrogen-bond donors (Lipinski definition) is 1. The van der Waals surface area contributed by atoms with Gasteiger partial charge in [-0.2, -0.15) is 0 Å². The molecule has 0 aliphatic rings. The molecule has 1 aromatic heterocycles. The summed E-state index contributed by atoms with van der Waals surface area (Å²) in [5.74, 6) is 0. The van der Waals surface area contributed by atoms with E-state index < -0.39 is 0 Å². The van der Waals surface area contributed by atoms with Crippen LogP contribution in [0.2, 0.25) is 0 Å². The third-order valence-corrected chi connectivity index (χ3v) is 4.93. The Morgan fingerprint density at radius 1 is 1.15 bits per heavy atom. The van der Waals surface area contributed by atoms with Crippen molar-refractivity contribution in [2.75, 3.05) is 32.5 Å². The number of likely N-dealkylation sites (N-methyl/N-ethyl adjacent to an activating group) is 1. The fourth-order valence-electron chi connectivity index (χ4n) is 3.14. The van der Waals surface area contributed by atoms with Crippen LogP contribution < -0.4 is 5.32 Å². The van der Waals surface area contributed by atoms with Crippen molar-refractivity contribution in [3.63, 3.8) is 0 Å². The van der Waals surface area contributed by atoms with Gasteiger partial charge in [-0.15, -0.1) is 0 Å². The highest BCUT2D eigenvalue weighted by Gasteiger charge is 2.20. The number of rotatable bonds is 6. The van der Waals surface area contributed by atoms with Crippen molar-refractivity contribution in [1.29, 1.82) is 0 Å². The Bertz CT molecular complexity index is 720. The zero-order valence-corrected chi connectivity index (χ0v) is 17.5. The Morgan fingerprint density at radius 2 is 1.81 bits per heavy atom. The van der Waals surface area contributed by atoms with Crippen LogP contribution in [0.3, 0.4) is 0 Å². The number of thiocarbonyl (C=S) groups is 1. The summed E-state index contributed by atoms with van der Waals surface area (Å²) < 4.78 is 0. The Kier molecular flexibility index (Phi) is 7.12. The fraction of sp³-hybridized carbons (Fsp3) is 0.429. The molecule has 2 rings (SSSR count). The van der Waals surface area contributed by atoms with E-state index in [0.29, 0.717) is 0 Å². The minimum absolute atomic E-state index is 0.148. The highest BCUT2D eigenvalue weighted by molar-refractivity contribution is 7.80. The molecule has 0 unspecified atom stereocenters. The first-order chi connectivity index (χ1) is 12.3. The minimum atomic E-state index is 0.148. The number of aryl methyl sites for hydroxylation is 3. The van der Waals surface area contributed by atoms with Gasteiger partial charge in [-0.1, -0.05) is 23.8 Å². The van der Waals surface area contributed by atoms with Crippen LogP contribution in [-0.2, 0) is 0 Å². The molecule has 0 saturated heterocycles. The zero-order chi connectivity index (χ0) is 19.3. The van der Waals surface area contributed by atoms with E-state index in [2.05, 4.69) is 80.1 Å². The van der Waals surface area contributed by atoms with Gasteiger partial charge in [0, 0.05) is 31.2 Å². The topological polar surface area (TPSA) is 31.4 Å². The Balaban J connectivity index is 2.25. The lowest BCUT2D eigenvalue weighted by atomic mass is 10.1. The Labute approximate surface area is 163 Å². The highest BCUT2D eigenvalue weighted by Crippen LogP contribution is 2.25. The maximum atomic E-state index is 5.81. The molecular formula is C21H30N4S. The number of hydrogen-bond acceptors (Lipinski definition) is 3. The molecule has 4 nitrogen and oxygen atoms in total. The third kappa shape index (κ3) is 5.26. The van der Waals surface area contributed by atoms with Crippen LogP contribution in [-0.4, -0.2) is 47.1 Å². The normalized spacial score (nSPS) is 12.1. The van der Waals surface area contributed by atoms with E-state index in [1.165, 1.54) is 16.7 Å². The second kappa shape index (κ2) is 9.10. The third-order valence-electron chi connectivity index (χ3n) is 4.59. The van der Waals surface area contributed by atoms with Gasteiger partial charge in [0.25, 0.3) is 0 Å². The van der Waals surface area contributed by atoms with Gasteiger partial charge in [0.05, 0.1) is 6.04 Å². The molecule has 0 amide bonds. The number of aromatic nitrogens is 1. The summed E-state index contributed by atoms with van der Waals surface area (Å²) in [5, 5.41) is 4.25. The molecule has 2 aromatic rings. The van der Waals surface area contributed by atoms with Crippen LogP contribution in [0.25, 0.3) is 0 Å². The molecule has 0 saturated carbocycles. The van der Waals surface area contributed by atoms with Gasteiger partial charge in [-0.3, -0.25) is 4.98 Å². The van der Waals surface area contributed by atoms with Crippen molar-refractivity contribution in [1.82, 2.24) is 14.8 Å². The largest absolute Gasteiger partial charge is 0.341 e. The first kappa shape index (κ1) is 20.3. The summed E-state index contributed by atoms with van der Waals surface area (Å²) in [6, 6.07) is 8.60. The number of nitrogens with one attached hydrogen (secondary N) is 1. The van der Waals surface area contributed by atoms with Crippen molar-refractivity contribution in [3.05, 3.63) is 58.9 Å². The van der Waals surface area contributed by atoms with Crippen LogP contribution >= 0.6 is 12.2 Å². The summed E-state index contributed by atoms with van der Waals surface area (Å²) >= 11 is 5.81. The van der Waals surface area contributed by atoms with Crippen molar-refractivity contribution in [3.8, 4) is 0 Å². The molecule has 0 bridgehead atoms. The minimum Gasteiger partial charge on any atom is -0.341 e. The SMILES string of the molecule is Cc1cc(C)c(NC(=S)N(CCN(C)C)[C@@H](C)c2cccnc2)c(C)c1. The monoisotopic (exact) mass is 370 g/mol. The Hall–Kier alpha value is -1.98. The van der Waals surface area contributed by atoms with Crippen molar-refractivity contribution >= 4 is 23.0 Å². The van der Waals surface area contributed by atoms with Crippen LogP contribution in [0.1, 0.15) is 35.2 Å². The first-order valence-corrected chi connectivity index (χ1v) is 9.40. The lowest BCUT2D eigenvalue weighted by molar-refractivity contribution is 0.289. The molecule has 1 atom stereocenters. The lowest BCUT2D eigenvalue weighted by Crippen LogP contribution is -2.41. The van der Waals surface area contributed by atoms with Gasteiger partial charge in [-0.25, -0.2) is 0 Å². The van der Waals surface area contributed by atoms with Gasteiger partial charge in [0.15, 0.2) is 5.11 Å². The molecule has 1 heterocycles. The number of nitrogens with zero attached hydrogens (tertiary/aromatic N) is 3. The van der Waals surface area contributed by atoms with Gasteiger partial charge >= 0.3 is 0 Å². The van der Waals surface area contributed by atoms with E-state index in [1.54, 1.807) is 6.20 Å². The predicted octanol–water partition coefficient (Wildman–Crippen LogP) is 4.33. The van der Waals surface area contributed by atoms with Crippen LogP contribution in [0.4, 0.5) is 5.69 Å². The van der Waals surface area contributed by atoms with Gasteiger partial charge in [0.1, 0.15) is 0 Å². The van der Waals surface area contributed by atoms with Crippen molar-refractivity contribution in [2.24, 2.45) is 0 Å². The van der Waals surface area contributed by atoms with Crippen LogP contribution in [0.15, 0.2) is 36.7 Å². The zero-order valence-electron chi connectivity index (χ0n) is 16.7. The van der Waals surface area contributed by atoms with Gasteiger partial charge in [0.2, 0.25) is 0 Å². The van der Waals surface area contributed by atoms with Gasteiger partial charge in [-0.05, 0) is 76.8 Å². The van der Waals surface area contributed by atoms with E-state index in [9.17, 15) is 0 Å². The molecule has 1 aromatic carbocycles. The molecule has 140 valence electrons.